The molecule has 1 rings (SSSR count). The van der Waals surface area contributed by atoms with Crippen LogP contribution in [0.25, 0.3) is 0 Å². The summed E-state index contributed by atoms with van der Waals surface area (Å²) in [6.45, 7) is 2.58. The Morgan fingerprint density at radius 1 is 1.30 bits per heavy atom. The fourth-order valence-electron chi connectivity index (χ4n) is 1.49. The number of hydrogen-bond acceptors (Lipinski definition) is 3. The molecule has 0 aromatic heterocycles. The molecule has 0 fully saturated rings. The minimum atomic E-state index is -3.61. The highest BCUT2D eigenvalue weighted by atomic mass is 32.2. The molecule has 6 heteroatoms. The fraction of sp³-hybridized carbons (Fsp3) is 0.357. The molecule has 2 N–H and O–H groups in total. The first kappa shape index (κ1) is 16.2. The van der Waals surface area contributed by atoms with Gasteiger partial charge in [0.25, 0.3) is 5.91 Å². The summed E-state index contributed by atoms with van der Waals surface area (Å²) in [5.74, 6) is 1.99. The van der Waals surface area contributed by atoms with Crippen LogP contribution >= 0.6 is 0 Å². The van der Waals surface area contributed by atoms with Gasteiger partial charge in [-0.15, -0.1) is 6.42 Å². The quantitative estimate of drug-likeness (QED) is 0.584. The number of rotatable bonds is 7. The van der Waals surface area contributed by atoms with Gasteiger partial charge >= 0.3 is 0 Å². The van der Waals surface area contributed by atoms with E-state index < -0.39 is 10.0 Å². The van der Waals surface area contributed by atoms with E-state index in [2.05, 4.69) is 16.0 Å². The average molecular weight is 294 g/mol. The van der Waals surface area contributed by atoms with Gasteiger partial charge in [0.15, 0.2) is 0 Å². The zero-order valence-electron chi connectivity index (χ0n) is 11.3. The zero-order chi connectivity index (χ0) is 15.0. The third-order valence-electron chi connectivity index (χ3n) is 2.61. The van der Waals surface area contributed by atoms with Crippen LogP contribution in [0.2, 0.25) is 0 Å². The summed E-state index contributed by atoms with van der Waals surface area (Å²) >= 11 is 0. The standard InChI is InChI=1S/C14H18N2O3S/c1-3-5-11-15-14(17)12-6-8-13(9-7-12)20(18,19)16-10-4-2/h2,6-9,16H,3,5,10-11H2,1H3,(H,15,17). The number of nitrogens with one attached hydrogen (secondary N) is 2. The minimum Gasteiger partial charge on any atom is -0.352 e. The highest BCUT2D eigenvalue weighted by molar-refractivity contribution is 7.89. The van der Waals surface area contributed by atoms with Crippen LogP contribution in [0.15, 0.2) is 29.2 Å². The van der Waals surface area contributed by atoms with Gasteiger partial charge in [-0.25, -0.2) is 8.42 Å². The fourth-order valence-corrected chi connectivity index (χ4v) is 2.42. The van der Waals surface area contributed by atoms with Gasteiger partial charge in [-0.05, 0) is 30.7 Å². The van der Waals surface area contributed by atoms with Gasteiger partial charge in [-0.2, -0.15) is 4.72 Å². The first-order valence-corrected chi connectivity index (χ1v) is 7.81. The Balaban J connectivity index is 2.74. The van der Waals surface area contributed by atoms with Crippen molar-refractivity contribution in [1.29, 1.82) is 0 Å². The molecule has 1 aromatic carbocycles. The molecule has 0 saturated heterocycles. The number of terminal acetylenes is 1. The van der Waals surface area contributed by atoms with Crippen LogP contribution in [0.4, 0.5) is 0 Å². The summed E-state index contributed by atoms with van der Waals surface area (Å²) in [6, 6.07) is 5.72. The lowest BCUT2D eigenvalue weighted by molar-refractivity contribution is 0.0953. The van der Waals surface area contributed by atoms with Gasteiger partial charge in [-0.1, -0.05) is 19.3 Å². The number of carbonyl (C=O) groups is 1. The van der Waals surface area contributed by atoms with Gasteiger partial charge < -0.3 is 5.32 Å². The van der Waals surface area contributed by atoms with E-state index in [0.717, 1.165) is 12.8 Å². The number of sulfonamides is 1. The Hall–Kier alpha value is -1.84. The summed E-state index contributed by atoms with van der Waals surface area (Å²) in [6.07, 6.45) is 6.91. The van der Waals surface area contributed by atoms with Crippen LogP contribution in [0, 0.1) is 12.3 Å². The Morgan fingerprint density at radius 2 is 1.95 bits per heavy atom. The Morgan fingerprint density at radius 3 is 2.50 bits per heavy atom. The maximum absolute atomic E-state index is 11.8. The summed E-state index contributed by atoms with van der Waals surface area (Å²) < 4.78 is 25.8. The summed E-state index contributed by atoms with van der Waals surface area (Å²) in [5, 5.41) is 2.76. The van der Waals surface area contributed by atoms with Gasteiger partial charge in [-0.3, -0.25) is 4.79 Å². The highest BCUT2D eigenvalue weighted by Crippen LogP contribution is 2.10. The van der Waals surface area contributed by atoms with E-state index in [1.165, 1.54) is 24.3 Å². The number of unbranched alkanes of at least 4 members (excludes halogenated alkanes) is 1. The SMILES string of the molecule is C#CCNS(=O)(=O)c1ccc(C(=O)NCCCC)cc1. The van der Waals surface area contributed by atoms with Gasteiger partial charge in [0, 0.05) is 12.1 Å². The molecule has 20 heavy (non-hydrogen) atoms. The Labute approximate surface area is 119 Å². The van der Waals surface area contributed by atoms with Crippen molar-refractivity contribution in [1.82, 2.24) is 10.0 Å². The minimum absolute atomic E-state index is 0.0679. The average Bonchev–Trinajstić information content (AvgIpc) is 2.45. The van der Waals surface area contributed by atoms with E-state index in [-0.39, 0.29) is 17.3 Å². The number of carbonyl (C=O) groups excluding carboxylic acids is 1. The molecule has 108 valence electrons. The first-order valence-electron chi connectivity index (χ1n) is 6.32. The topological polar surface area (TPSA) is 75.3 Å². The third kappa shape index (κ3) is 4.68. The second-order valence-corrected chi connectivity index (χ2v) is 5.93. The largest absolute Gasteiger partial charge is 0.352 e. The molecule has 0 aliphatic rings. The van der Waals surface area contributed by atoms with Crippen LogP contribution in [0.5, 0.6) is 0 Å². The van der Waals surface area contributed by atoms with Crippen molar-refractivity contribution in [2.75, 3.05) is 13.1 Å². The molecule has 0 saturated carbocycles. The summed E-state index contributed by atoms with van der Waals surface area (Å²) in [7, 11) is -3.61. The van der Waals surface area contributed by atoms with Crippen molar-refractivity contribution in [2.45, 2.75) is 24.7 Å². The number of hydrogen-bond donors (Lipinski definition) is 2. The molecule has 0 spiro atoms. The van der Waals surface area contributed by atoms with Crippen LogP contribution in [-0.4, -0.2) is 27.4 Å². The molecule has 1 amide bonds. The molecular formula is C14H18N2O3S. The van der Waals surface area contributed by atoms with Crippen molar-refractivity contribution >= 4 is 15.9 Å². The van der Waals surface area contributed by atoms with Crippen molar-refractivity contribution in [3.05, 3.63) is 29.8 Å². The van der Waals surface area contributed by atoms with Crippen LogP contribution in [0.1, 0.15) is 30.1 Å². The van der Waals surface area contributed by atoms with Crippen molar-refractivity contribution in [2.24, 2.45) is 0 Å². The van der Waals surface area contributed by atoms with Crippen molar-refractivity contribution < 1.29 is 13.2 Å². The third-order valence-corrected chi connectivity index (χ3v) is 4.02. The lowest BCUT2D eigenvalue weighted by atomic mass is 10.2. The first-order chi connectivity index (χ1) is 9.51. The maximum Gasteiger partial charge on any atom is 0.251 e. The molecular weight excluding hydrogens is 276 g/mol. The second-order valence-electron chi connectivity index (χ2n) is 4.16. The van der Waals surface area contributed by atoms with E-state index >= 15 is 0 Å². The zero-order valence-corrected chi connectivity index (χ0v) is 12.2. The second kappa shape index (κ2) is 7.68. The van der Waals surface area contributed by atoms with Crippen LogP contribution in [0.3, 0.4) is 0 Å². The van der Waals surface area contributed by atoms with E-state index in [1.54, 1.807) is 0 Å². The summed E-state index contributed by atoms with van der Waals surface area (Å²) in [4.78, 5) is 11.8. The molecule has 0 unspecified atom stereocenters. The molecule has 0 bridgehead atoms. The van der Waals surface area contributed by atoms with E-state index in [9.17, 15) is 13.2 Å². The normalized spacial score (nSPS) is 10.8. The lowest BCUT2D eigenvalue weighted by Crippen LogP contribution is -2.25. The van der Waals surface area contributed by atoms with Crippen LogP contribution in [-0.2, 0) is 10.0 Å². The molecule has 0 heterocycles. The molecule has 1 aromatic rings. The molecule has 0 aliphatic heterocycles. The monoisotopic (exact) mass is 294 g/mol. The van der Waals surface area contributed by atoms with E-state index in [1.807, 2.05) is 6.92 Å². The predicted octanol–water partition coefficient (Wildman–Crippen LogP) is 1.13. The molecule has 0 radical (unpaired) electrons. The van der Waals surface area contributed by atoms with Gasteiger partial charge in [0.05, 0.1) is 11.4 Å². The molecule has 5 nitrogen and oxygen atoms in total. The number of benzene rings is 1. The molecule has 0 atom stereocenters. The predicted molar refractivity (Wildman–Crippen MR) is 77.7 cm³/mol. The van der Waals surface area contributed by atoms with Crippen LogP contribution < -0.4 is 10.0 Å². The van der Waals surface area contributed by atoms with E-state index in [0.29, 0.717) is 12.1 Å². The van der Waals surface area contributed by atoms with Crippen molar-refractivity contribution in [3.63, 3.8) is 0 Å². The van der Waals surface area contributed by atoms with Crippen molar-refractivity contribution in [3.8, 4) is 12.3 Å². The van der Waals surface area contributed by atoms with Gasteiger partial charge in [0.1, 0.15) is 0 Å². The summed E-state index contributed by atoms with van der Waals surface area (Å²) in [5.41, 5.74) is 0.428. The lowest BCUT2D eigenvalue weighted by Gasteiger charge is -2.06. The number of amides is 1. The maximum atomic E-state index is 11.8. The Bertz CT molecular complexity index is 586. The van der Waals surface area contributed by atoms with Gasteiger partial charge in [0.2, 0.25) is 10.0 Å². The van der Waals surface area contributed by atoms with E-state index in [4.69, 9.17) is 6.42 Å². The Kier molecular flexibility index (Phi) is 6.22. The smallest absolute Gasteiger partial charge is 0.251 e. The molecule has 0 aliphatic carbocycles. The highest BCUT2D eigenvalue weighted by Gasteiger charge is 2.13.